The van der Waals surface area contributed by atoms with E-state index >= 15 is 0 Å². The molecule has 2 aromatic rings. The number of aromatic hydroxyl groups is 1. The van der Waals surface area contributed by atoms with Crippen LogP contribution in [0.25, 0.3) is 0 Å². The van der Waals surface area contributed by atoms with E-state index in [1.165, 1.54) is 6.07 Å². The van der Waals surface area contributed by atoms with Crippen LogP contribution in [0.5, 0.6) is 5.75 Å². The number of nitrogens with two attached hydrogens (primary N) is 1. The molecule has 0 aliphatic carbocycles. The van der Waals surface area contributed by atoms with Gasteiger partial charge in [-0.2, -0.15) is 0 Å². The van der Waals surface area contributed by atoms with Gasteiger partial charge in [-0.25, -0.2) is 0 Å². The number of amides is 1. The highest BCUT2D eigenvalue weighted by Crippen LogP contribution is 2.24. The second-order valence-corrected chi connectivity index (χ2v) is 5.10. The Morgan fingerprint density at radius 3 is 2.63 bits per heavy atom. The minimum absolute atomic E-state index is 0.166. The lowest BCUT2D eigenvalue weighted by molar-refractivity contribution is 0.102. The van der Waals surface area contributed by atoms with Crippen molar-refractivity contribution in [2.24, 2.45) is 0 Å². The van der Waals surface area contributed by atoms with E-state index in [0.717, 1.165) is 4.47 Å². The van der Waals surface area contributed by atoms with Crippen molar-refractivity contribution in [3.05, 3.63) is 52.0 Å². The zero-order chi connectivity index (χ0) is 14.0. The zero-order valence-corrected chi connectivity index (χ0v) is 11.9. The van der Waals surface area contributed by atoms with E-state index in [1.54, 1.807) is 37.3 Å². The topological polar surface area (TPSA) is 75.4 Å². The maximum absolute atomic E-state index is 12.1. The minimum atomic E-state index is -0.267. The van der Waals surface area contributed by atoms with Gasteiger partial charge in [-0.15, -0.1) is 0 Å². The van der Waals surface area contributed by atoms with E-state index in [4.69, 9.17) is 5.73 Å². The van der Waals surface area contributed by atoms with Gasteiger partial charge in [0.1, 0.15) is 5.75 Å². The van der Waals surface area contributed by atoms with Gasteiger partial charge in [0.15, 0.2) is 0 Å². The third kappa shape index (κ3) is 3.06. The summed E-state index contributed by atoms with van der Waals surface area (Å²) >= 11 is 3.30. The highest BCUT2D eigenvalue weighted by molar-refractivity contribution is 9.10. The zero-order valence-electron chi connectivity index (χ0n) is 10.3. The molecule has 98 valence electrons. The van der Waals surface area contributed by atoms with Crippen LogP contribution in [0.1, 0.15) is 15.9 Å². The molecule has 0 aliphatic rings. The Morgan fingerprint density at radius 2 is 2.00 bits per heavy atom. The number of halogens is 1. The Hall–Kier alpha value is -2.01. The second-order valence-electron chi connectivity index (χ2n) is 4.19. The first-order valence-electron chi connectivity index (χ1n) is 5.63. The number of nitrogens with one attached hydrogen (secondary N) is 1. The molecule has 0 aromatic heterocycles. The highest BCUT2D eigenvalue weighted by atomic mass is 79.9. The third-order valence-corrected chi connectivity index (χ3v) is 3.21. The molecule has 0 unspecified atom stereocenters. The van der Waals surface area contributed by atoms with Crippen molar-refractivity contribution < 1.29 is 9.90 Å². The first kappa shape index (κ1) is 13.4. The fourth-order valence-corrected chi connectivity index (χ4v) is 2.02. The van der Waals surface area contributed by atoms with E-state index < -0.39 is 0 Å². The molecule has 1 amide bonds. The van der Waals surface area contributed by atoms with Crippen LogP contribution >= 0.6 is 15.9 Å². The van der Waals surface area contributed by atoms with Crippen LogP contribution in [-0.4, -0.2) is 11.0 Å². The summed E-state index contributed by atoms with van der Waals surface area (Å²) in [6.07, 6.45) is 0. The van der Waals surface area contributed by atoms with Crippen LogP contribution in [0.2, 0.25) is 0 Å². The fraction of sp³-hybridized carbons (Fsp3) is 0.0714. The molecule has 0 aliphatic heterocycles. The van der Waals surface area contributed by atoms with E-state index in [2.05, 4.69) is 21.2 Å². The Balaban J connectivity index is 2.23. The Kier molecular flexibility index (Phi) is 3.76. The molecule has 0 fully saturated rings. The maximum Gasteiger partial charge on any atom is 0.255 e. The van der Waals surface area contributed by atoms with Gasteiger partial charge in [0, 0.05) is 10.0 Å². The number of carbonyl (C=O) groups excluding carboxylic acids is 1. The highest BCUT2D eigenvalue weighted by Gasteiger charge is 2.09. The van der Waals surface area contributed by atoms with Crippen LogP contribution in [0, 0.1) is 6.92 Å². The number of hydrogen-bond donors (Lipinski definition) is 3. The number of benzene rings is 2. The number of nitrogen functional groups attached to an aromatic ring is 1. The molecule has 0 radical (unpaired) electrons. The van der Waals surface area contributed by atoms with E-state index in [1.807, 2.05) is 0 Å². The van der Waals surface area contributed by atoms with Crippen LogP contribution in [-0.2, 0) is 0 Å². The van der Waals surface area contributed by atoms with Crippen molar-refractivity contribution in [1.82, 2.24) is 0 Å². The largest absolute Gasteiger partial charge is 0.508 e. The molecule has 0 spiro atoms. The quantitative estimate of drug-likeness (QED) is 0.743. The summed E-state index contributed by atoms with van der Waals surface area (Å²) < 4.78 is 0.850. The standard InChI is InChI=1S/C14H13BrN2O2/c1-8-6-9(2-5-13(8)18)14(19)17-12-4-3-10(15)7-11(12)16/h2-7,18H,16H2,1H3,(H,17,19). The van der Waals surface area contributed by atoms with Crippen molar-refractivity contribution >= 4 is 33.2 Å². The minimum Gasteiger partial charge on any atom is -0.508 e. The van der Waals surface area contributed by atoms with Crippen molar-refractivity contribution in [1.29, 1.82) is 0 Å². The van der Waals surface area contributed by atoms with Gasteiger partial charge in [-0.3, -0.25) is 4.79 Å². The van der Waals surface area contributed by atoms with Gasteiger partial charge in [0.05, 0.1) is 11.4 Å². The van der Waals surface area contributed by atoms with Gasteiger partial charge in [0.25, 0.3) is 5.91 Å². The molecule has 4 N–H and O–H groups in total. The third-order valence-electron chi connectivity index (χ3n) is 2.72. The predicted molar refractivity (Wildman–Crippen MR) is 79.4 cm³/mol. The lowest BCUT2D eigenvalue weighted by Gasteiger charge is -2.09. The van der Waals surface area contributed by atoms with Crippen LogP contribution in [0.3, 0.4) is 0 Å². The van der Waals surface area contributed by atoms with Crippen molar-refractivity contribution in [2.75, 3.05) is 11.1 Å². The second kappa shape index (κ2) is 5.32. The van der Waals surface area contributed by atoms with Crippen LogP contribution < -0.4 is 11.1 Å². The molecule has 19 heavy (non-hydrogen) atoms. The molecule has 0 saturated heterocycles. The summed E-state index contributed by atoms with van der Waals surface area (Å²) in [6, 6.07) is 9.93. The lowest BCUT2D eigenvalue weighted by Crippen LogP contribution is -2.13. The van der Waals surface area contributed by atoms with Gasteiger partial charge >= 0.3 is 0 Å². The smallest absolute Gasteiger partial charge is 0.255 e. The van der Waals surface area contributed by atoms with Crippen LogP contribution in [0.15, 0.2) is 40.9 Å². The molecule has 0 heterocycles. The summed E-state index contributed by atoms with van der Waals surface area (Å²) in [4.78, 5) is 12.1. The van der Waals surface area contributed by atoms with Crippen molar-refractivity contribution in [3.63, 3.8) is 0 Å². The average Bonchev–Trinajstić information content (AvgIpc) is 2.36. The Morgan fingerprint density at radius 1 is 1.26 bits per heavy atom. The summed E-state index contributed by atoms with van der Waals surface area (Å²) in [5.74, 6) is -0.100. The SMILES string of the molecule is Cc1cc(C(=O)Nc2ccc(Br)cc2N)ccc1O. The van der Waals surface area contributed by atoms with Gasteiger partial charge in [-0.05, 0) is 48.9 Å². The first-order chi connectivity index (χ1) is 8.97. The van der Waals surface area contributed by atoms with Crippen molar-refractivity contribution in [3.8, 4) is 5.75 Å². The molecular formula is C14H13BrN2O2. The number of anilines is 2. The number of aryl methyl sites for hydroxylation is 1. The summed E-state index contributed by atoms with van der Waals surface area (Å²) in [6.45, 7) is 1.74. The number of phenols is 1. The molecule has 2 aromatic carbocycles. The fourth-order valence-electron chi connectivity index (χ4n) is 1.64. The molecule has 0 atom stereocenters. The summed E-state index contributed by atoms with van der Waals surface area (Å²) in [7, 11) is 0. The molecule has 0 bridgehead atoms. The Bertz CT molecular complexity index is 641. The molecular weight excluding hydrogens is 308 g/mol. The van der Waals surface area contributed by atoms with Crippen LogP contribution in [0.4, 0.5) is 11.4 Å². The number of rotatable bonds is 2. The molecule has 0 saturated carbocycles. The Labute approximate surface area is 119 Å². The number of phenolic OH excluding ortho intramolecular Hbond substituents is 1. The average molecular weight is 321 g/mol. The maximum atomic E-state index is 12.1. The summed E-state index contributed by atoms with van der Waals surface area (Å²) in [5.41, 5.74) is 7.98. The number of carbonyl (C=O) groups is 1. The molecule has 5 heteroatoms. The van der Waals surface area contributed by atoms with E-state index in [9.17, 15) is 9.90 Å². The first-order valence-corrected chi connectivity index (χ1v) is 6.42. The van der Waals surface area contributed by atoms with Gasteiger partial charge in [-0.1, -0.05) is 15.9 Å². The summed E-state index contributed by atoms with van der Waals surface area (Å²) in [5, 5.41) is 12.2. The molecule has 2 rings (SSSR count). The normalized spacial score (nSPS) is 10.2. The van der Waals surface area contributed by atoms with Gasteiger partial charge in [0.2, 0.25) is 0 Å². The lowest BCUT2D eigenvalue weighted by atomic mass is 10.1. The molecule has 4 nitrogen and oxygen atoms in total. The van der Waals surface area contributed by atoms with E-state index in [0.29, 0.717) is 22.5 Å². The van der Waals surface area contributed by atoms with Crippen molar-refractivity contribution in [2.45, 2.75) is 6.92 Å². The number of hydrogen-bond acceptors (Lipinski definition) is 3. The van der Waals surface area contributed by atoms with E-state index in [-0.39, 0.29) is 11.7 Å². The predicted octanol–water partition coefficient (Wildman–Crippen LogP) is 3.30. The monoisotopic (exact) mass is 320 g/mol. The van der Waals surface area contributed by atoms with Gasteiger partial charge < -0.3 is 16.2 Å².